The van der Waals surface area contributed by atoms with Gasteiger partial charge in [-0.05, 0) is 49.9 Å². The summed E-state index contributed by atoms with van der Waals surface area (Å²) in [5, 5.41) is -5.97. The third-order valence-corrected chi connectivity index (χ3v) is 8.60. The summed E-state index contributed by atoms with van der Waals surface area (Å²) in [7, 11) is -6.83. The van der Waals surface area contributed by atoms with E-state index in [1.807, 2.05) is 0 Å². The number of nitrogens with zero attached hydrogens (tertiary/aromatic N) is 1. The third kappa shape index (κ3) is 9.74. The molecular formula is C28H35F5NO9S-. The van der Waals surface area contributed by atoms with Gasteiger partial charge in [0.05, 0.1) is 30.5 Å². The van der Waals surface area contributed by atoms with Gasteiger partial charge in [-0.2, -0.15) is 22.0 Å². The van der Waals surface area contributed by atoms with Crippen LogP contribution in [0.5, 0.6) is 0 Å². The van der Waals surface area contributed by atoms with Crippen LogP contribution in [0, 0.1) is 11.8 Å². The van der Waals surface area contributed by atoms with Crippen molar-refractivity contribution in [3.05, 3.63) is 29.8 Å². The maximum atomic E-state index is 13.7. The highest BCUT2D eigenvalue weighted by molar-refractivity contribution is 7.86. The van der Waals surface area contributed by atoms with E-state index in [0.717, 1.165) is 76.3 Å². The van der Waals surface area contributed by atoms with Gasteiger partial charge >= 0.3 is 29.3 Å². The Hall–Kier alpha value is -3.01. The van der Waals surface area contributed by atoms with Gasteiger partial charge in [0.25, 0.3) is 6.10 Å². The van der Waals surface area contributed by atoms with E-state index in [2.05, 4.69) is 4.74 Å². The highest BCUT2D eigenvalue weighted by Gasteiger charge is 2.63. The van der Waals surface area contributed by atoms with Crippen molar-refractivity contribution in [2.45, 2.75) is 81.7 Å². The van der Waals surface area contributed by atoms with Gasteiger partial charge in [0.2, 0.25) is 0 Å². The summed E-state index contributed by atoms with van der Waals surface area (Å²) in [6.07, 6.45) is -1.83. The van der Waals surface area contributed by atoms with Crippen LogP contribution in [-0.2, 0) is 33.9 Å². The maximum Gasteiger partial charge on any atom is 0.432 e. The number of benzene rings is 1. The molecule has 0 radical (unpaired) electrons. The van der Waals surface area contributed by atoms with E-state index in [4.69, 9.17) is 9.47 Å². The third-order valence-electron chi connectivity index (χ3n) is 7.72. The number of ether oxygens (including phenoxy) is 3. The lowest BCUT2D eigenvalue weighted by Gasteiger charge is -2.29. The number of halogens is 5. The minimum Gasteiger partial charge on any atom is -0.743 e. The van der Waals surface area contributed by atoms with Crippen molar-refractivity contribution in [2.24, 2.45) is 11.8 Å². The molecule has 0 aliphatic heterocycles. The lowest BCUT2D eigenvalue weighted by molar-refractivity contribution is -0.248. The van der Waals surface area contributed by atoms with Crippen LogP contribution < -0.4 is 4.90 Å². The Morgan fingerprint density at radius 3 is 1.61 bits per heavy atom. The van der Waals surface area contributed by atoms with Crippen LogP contribution in [-0.4, -0.2) is 74.7 Å². The molecule has 2 aliphatic rings. The summed E-state index contributed by atoms with van der Waals surface area (Å²) in [6, 6.07) is 4.38. The van der Waals surface area contributed by atoms with Gasteiger partial charge in [-0.15, -0.1) is 0 Å². The fourth-order valence-electron chi connectivity index (χ4n) is 5.24. The molecule has 1 aromatic carbocycles. The Morgan fingerprint density at radius 2 is 1.23 bits per heavy atom. The molecule has 1 aromatic rings. The molecule has 16 heteroatoms. The number of alkyl halides is 5. The molecule has 44 heavy (non-hydrogen) atoms. The van der Waals surface area contributed by atoms with Crippen LogP contribution in [0.2, 0.25) is 0 Å². The normalized spacial score (nSPS) is 17.9. The summed E-state index contributed by atoms with van der Waals surface area (Å²) in [5.41, 5.74) is -0.293. The van der Waals surface area contributed by atoms with Crippen LogP contribution >= 0.6 is 0 Å². The zero-order chi connectivity index (χ0) is 32.5. The summed E-state index contributed by atoms with van der Waals surface area (Å²) < 4.78 is 114. The zero-order valence-corrected chi connectivity index (χ0v) is 24.7. The second-order valence-corrected chi connectivity index (χ2v) is 12.3. The molecule has 3 rings (SSSR count). The Morgan fingerprint density at radius 1 is 0.795 bits per heavy atom. The molecule has 0 N–H and O–H groups in total. The van der Waals surface area contributed by atoms with Crippen molar-refractivity contribution in [3.63, 3.8) is 0 Å². The average Bonchev–Trinajstić information content (AvgIpc) is 2.98. The Bertz CT molecular complexity index is 1190. The van der Waals surface area contributed by atoms with Gasteiger partial charge in [0.1, 0.15) is 13.2 Å². The Kier molecular flexibility index (Phi) is 12.4. The highest BCUT2D eigenvalue weighted by atomic mass is 32.2. The Labute approximate surface area is 251 Å². The first-order valence-corrected chi connectivity index (χ1v) is 15.8. The number of hydrogen-bond acceptors (Lipinski definition) is 10. The first kappa shape index (κ1) is 35.5. The van der Waals surface area contributed by atoms with E-state index in [-0.39, 0.29) is 50.1 Å². The van der Waals surface area contributed by atoms with Gasteiger partial charge < -0.3 is 23.7 Å². The molecule has 2 saturated carbocycles. The van der Waals surface area contributed by atoms with Crippen molar-refractivity contribution < 1.29 is 63.5 Å². The number of carbonyl (C=O) groups excluding carboxylic acids is 3. The smallest absolute Gasteiger partial charge is 0.432 e. The molecule has 0 amide bonds. The van der Waals surface area contributed by atoms with Crippen LogP contribution in [0.1, 0.15) is 74.6 Å². The van der Waals surface area contributed by atoms with Crippen molar-refractivity contribution in [3.8, 4) is 0 Å². The van der Waals surface area contributed by atoms with Gasteiger partial charge in [0, 0.05) is 5.69 Å². The van der Waals surface area contributed by atoms with Crippen molar-refractivity contribution in [1.29, 1.82) is 0 Å². The number of esters is 3. The van der Waals surface area contributed by atoms with Crippen molar-refractivity contribution >= 4 is 33.7 Å². The fraction of sp³-hybridized carbons (Fsp3) is 0.679. The zero-order valence-electron chi connectivity index (χ0n) is 23.9. The summed E-state index contributed by atoms with van der Waals surface area (Å²) in [6.45, 7) is 0.156. The minimum atomic E-state index is -6.83. The van der Waals surface area contributed by atoms with E-state index < -0.39 is 39.2 Å². The predicted octanol–water partition coefficient (Wildman–Crippen LogP) is 4.97. The first-order valence-electron chi connectivity index (χ1n) is 14.4. The quantitative estimate of drug-likeness (QED) is 0.124. The molecular weight excluding hydrogens is 621 g/mol. The van der Waals surface area contributed by atoms with Gasteiger partial charge in [-0.3, -0.25) is 9.59 Å². The highest BCUT2D eigenvalue weighted by Crippen LogP contribution is 2.38. The standard InChI is InChI=1S/C28H36F5NO9S/c29-27(30,31)26(28(32,33)44(38,39)40)43-25(37)21-11-13-22(14-12-21)34(15-17-41-23(35)19-7-3-1-4-8-19)16-18-42-24(36)20-9-5-2-6-10-20/h11-14,19-20,26H,1-10,15-18H2,(H,38,39,40)/p-1. The molecule has 0 spiro atoms. The van der Waals surface area contributed by atoms with Crippen LogP contribution in [0.4, 0.5) is 27.6 Å². The topological polar surface area (TPSA) is 139 Å². The van der Waals surface area contributed by atoms with Crippen LogP contribution in [0.25, 0.3) is 0 Å². The second-order valence-electron chi connectivity index (χ2n) is 10.9. The second kappa shape index (κ2) is 15.3. The SMILES string of the molecule is O=C(OC(C(F)(F)F)C(F)(F)S(=O)(=O)[O-])c1ccc(N(CCOC(=O)C2CCCCC2)CCOC(=O)C2CCCCC2)cc1. The molecule has 0 aromatic heterocycles. The van der Waals surface area contributed by atoms with Crippen LogP contribution in [0.15, 0.2) is 24.3 Å². The van der Waals surface area contributed by atoms with Gasteiger partial charge in [-0.1, -0.05) is 38.5 Å². The van der Waals surface area contributed by atoms with E-state index in [0.29, 0.717) is 5.69 Å². The molecule has 0 saturated heterocycles. The summed E-state index contributed by atoms with van der Waals surface area (Å²) >= 11 is 0. The molecule has 2 fully saturated rings. The van der Waals surface area contributed by atoms with Crippen molar-refractivity contribution in [1.82, 2.24) is 0 Å². The molecule has 1 unspecified atom stereocenters. The number of hydrogen-bond donors (Lipinski definition) is 0. The minimum absolute atomic E-state index is 0.0400. The largest absolute Gasteiger partial charge is 0.743 e. The predicted molar refractivity (Wildman–Crippen MR) is 144 cm³/mol. The lowest BCUT2D eigenvalue weighted by Crippen LogP contribution is -2.52. The van der Waals surface area contributed by atoms with Crippen LogP contribution in [0.3, 0.4) is 0 Å². The first-order chi connectivity index (χ1) is 20.6. The van der Waals surface area contributed by atoms with Crippen molar-refractivity contribution in [2.75, 3.05) is 31.2 Å². The molecule has 10 nitrogen and oxygen atoms in total. The van der Waals surface area contributed by atoms with E-state index in [9.17, 15) is 49.3 Å². The number of rotatable bonds is 13. The molecule has 2 aliphatic carbocycles. The maximum absolute atomic E-state index is 13.7. The summed E-state index contributed by atoms with van der Waals surface area (Å²) in [4.78, 5) is 38.8. The monoisotopic (exact) mass is 656 g/mol. The van der Waals surface area contributed by atoms with Gasteiger partial charge in [-0.25, -0.2) is 13.2 Å². The van der Waals surface area contributed by atoms with E-state index in [1.165, 1.54) is 12.1 Å². The molecule has 0 heterocycles. The number of carbonyl (C=O) groups is 3. The Balaban J connectivity index is 1.69. The van der Waals surface area contributed by atoms with E-state index in [1.54, 1.807) is 4.90 Å². The summed E-state index contributed by atoms with van der Waals surface area (Å²) in [5.74, 6) is -2.99. The lowest BCUT2D eigenvalue weighted by atomic mass is 9.89. The average molecular weight is 657 g/mol. The van der Waals surface area contributed by atoms with Gasteiger partial charge in [0.15, 0.2) is 10.1 Å². The molecule has 1 atom stereocenters. The molecule has 248 valence electrons. The van der Waals surface area contributed by atoms with E-state index >= 15 is 0 Å². The molecule has 0 bridgehead atoms. The fourth-order valence-corrected chi connectivity index (χ4v) is 5.68. The number of anilines is 1.